The second kappa shape index (κ2) is 14.4. The largest absolute Gasteiger partial charge is 0.522 e. The molecule has 9 nitrogen and oxygen atoms in total. The molecule has 3 atom stereocenters. The van der Waals surface area contributed by atoms with Gasteiger partial charge in [-0.25, -0.2) is 0 Å². The average Bonchev–Trinajstić information content (AvgIpc) is 2.90. The molecule has 16 heteroatoms. The van der Waals surface area contributed by atoms with E-state index in [1.807, 2.05) is 5.32 Å². The molecule has 0 aliphatic heterocycles. The summed E-state index contributed by atoms with van der Waals surface area (Å²) in [6.45, 7) is 1.05. The minimum atomic E-state index is -5.30. The maximum atomic E-state index is 13.2. The van der Waals surface area contributed by atoms with E-state index in [4.69, 9.17) is 16.3 Å². The summed E-state index contributed by atoms with van der Waals surface area (Å²) in [6.07, 6.45) is -10.5. The number of benzene rings is 2. The molecular formula is C26H26ClF6N3O6. The zero-order valence-electron chi connectivity index (χ0n) is 22.2. The number of rotatable bonds is 12. The van der Waals surface area contributed by atoms with Crippen LogP contribution in [0.15, 0.2) is 48.5 Å². The zero-order valence-corrected chi connectivity index (χ0v) is 23.0. The molecule has 0 radical (unpaired) electrons. The number of Topliss-reactive ketones (excluding diaryl/α,β-unsaturated/α-hetero) is 1. The lowest BCUT2D eigenvalue weighted by Gasteiger charge is -2.27. The third-order valence-electron chi connectivity index (χ3n) is 5.65. The van der Waals surface area contributed by atoms with Crippen LogP contribution >= 0.6 is 11.6 Å². The molecular weight excluding hydrogens is 600 g/mol. The summed E-state index contributed by atoms with van der Waals surface area (Å²) in [5.41, 5.74) is -0.164. The van der Waals surface area contributed by atoms with Crippen LogP contribution in [0.25, 0.3) is 0 Å². The summed E-state index contributed by atoms with van der Waals surface area (Å²) in [4.78, 5) is 51.0. The van der Waals surface area contributed by atoms with E-state index >= 15 is 0 Å². The molecule has 2 aromatic carbocycles. The first-order valence-electron chi connectivity index (χ1n) is 12.1. The second-order valence-electron chi connectivity index (χ2n) is 9.10. The maximum Gasteiger partial charge on any atom is 0.522 e. The van der Waals surface area contributed by atoms with Gasteiger partial charge in [0.25, 0.3) is 11.7 Å². The average molecular weight is 626 g/mol. The molecule has 0 saturated carbocycles. The van der Waals surface area contributed by atoms with E-state index in [1.54, 1.807) is 0 Å². The number of methoxy groups -OCH3 is 1. The lowest BCUT2D eigenvalue weighted by atomic mass is 9.97. The molecule has 3 N–H and O–H groups in total. The van der Waals surface area contributed by atoms with Gasteiger partial charge in [-0.05, 0) is 41.8 Å². The predicted molar refractivity (Wildman–Crippen MR) is 136 cm³/mol. The van der Waals surface area contributed by atoms with Crippen molar-refractivity contribution in [3.8, 4) is 5.75 Å². The number of ether oxygens (including phenoxy) is 2. The number of nitrogens with one attached hydrogen (secondary N) is 3. The van der Waals surface area contributed by atoms with Gasteiger partial charge in [-0.3, -0.25) is 23.9 Å². The van der Waals surface area contributed by atoms with E-state index in [-0.39, 0.29) is 16.1 Å². The van der Waals surface area contributed by atoms with Gasteiger partial charge < -0.3 is 20.7 Å². The molecule has 0 saturated heterocycles. The second-order valence-corrected chi connectivity index (χ2v) is 9.54. The third kappa shape index (κ3) is 10.2. The van der Waals surface area contributed by atoms with Crippen LogP contribution in [0.1, 0.15) is 35.8 Å². The Morgan fingerprint density at radius 1 is 0.881 bits per heavy atom. The van der Waals surface area contributed by atoms with E-state index in [9.17, 15) is 45.5 Å². The number of hydrogen-bond acceptors (Lipinski definition) is 6. The summed E-state index contributed by atoms with van der Waals surface area (Å²) >= 11 is 5.84. The first kappa shape index (κ1) is 34.4. The Morgan fingerprint density at radius 2 is 1.50 bits per heavy atom. The first-order valence-corrected chi connectivity index (χ1v) is 12.4. The van der Waals surface area contributed by atoms with Gasteiger partial charge in [-0.1, -0.05) is 43.6 Å². The first-order chi connectivity index (χ1) is 19.4. The minimum absolute atomic E-state index is 0.0414. The van der Waals surface area contributed by atoms with Gasteiger partial charge in [-0.2, -0.15) is 13.2 Å². The molecule has 0 aromatic heterocycles. The van der Waals surface area contributed by atoms with Gasteiger partial charge in [0.15, 0.2) is 0 Å². The van der Waals surface area contributed by atoms with Gasteiger partial charge >= 0.3 is 12.5 Å². The Morgan fingerprint density at radius 3 is 2.00 bits per heavy atom. The van der Waals surface area contributed by atoms with Crippen LogP contribution in [-0.2, 0) is 19.1 Å². The highest BCUT2D eigenvalue weighted by molar-refractivity contribution is 6.31. The molecule has 2 aromatic rings. The highest BCUT2D eigenvalue weighted by Crippen LogP contribution is 2.24. The van der Waals surface area contributed by atoms with E-state index in [0.29, 0.717) is 5.75 Å². The van der Waals surface area contributed by atoms with Crippen molar-refractivity contribution in [2.45, 2.75) is 44.5 Å². The molecule has 2 rings (SSSR count). The molecule has 0 fully saturated rings. The summed E-state index contributed by atoms with van der Waals surface area (Å²) in [5, 5.41) is 6.25. The van der Waals surface area contributed by atoms with Gasteiger partial charge in [0.1, 0.15) is 17.8 Å². The number of hydrogen-bond donors (Lipinski definition) is 3. The number of amides is 3. The van der Waals surface area contributed by atoms with Crippen LogP contribution in [-0.4, -0.2) is 61.8 Å². The van der Waals surface area contributed by atoms with E-state index in [1.165, 1.54) is 69.5 Å². The Balaban J connectivity index is 2.42. The SMILES string of the molecule is COc1ccc([C@H](NC(=O)[C@H](COC(F)(F)F)NC(=O)c2cccc(Cl)c2)C(=O)N[C@H](C(=O)C(F)(F)F)C(C)C)cc1. The number of halogens is 7. The van der Waals surface area contributed by atoms with Crippen LogP contribution in [0, 0.1) is 5.92 Å². The highest BCUT2D eigenvalue weighted by Gasteiger charge is 2.45. The van der Waals surface area contributed by atoms with Crippen molar-refractivity contribution >= 4 is 35.1 Å². The van der Waals surface area contributed by atoms with Crippen LogP contribution in [0.5, 0.6) is 5.75 Å². The lowest BCUT2D eigenvalue weighted by molar-refractivity contribution is -0.325. The summed E-state index contributed by atoms with van der Waals surface area (Å²) in [7, 11) is 1.32. The molecule has 0 heterocycles. The number of carbonyl (C=O) groups is 4. The van der Waals surface area contributed by atoms with E-state index < -0.39 is 66.7 Å². The molecule has 42 heavy (non-hydrogen) atoms. The van der Waals surface area contributed by atoms with Crippen molar-refractivity contribution in [3.63, 3.8) is 0 Å². The van der Waals surface area contributed by atoms with Gasteiger partial charge in [0.05, 0.1) is 19.8 Å². The number of ketones is 1. The highest BCUT2D eigenvalue weighted by atomic mass is 35.5. The van der Waals surface area contributed by atoms with Crippen LogP contribution in [0.4, 0.5) is 26.3 Å². The third-order valence-corrected chi connectivity index (χ3v) is 5.88. The molecule has 0 unspecified atom stereocenters. The van der Waals surface area contributed by atoms with Gasteiger partial charge in [0.2, 0.25) is 11.8 Å². The number of alkyl halides is 6. The molecule has 0 aliphatic rings. The molecule has 0 spiro atoms. The Bertz CT molecular complexity index is 1270. The zero-order chi connectivity index (χ0) is 31.8. The van der Waals surface area contributed by atoms with Crippen molar-refractivity contribution in [2.75, 3.05) is 13.7 Å². The topological polar surface area (TPSA) is 123 Å². The van der Waals surface area contributed by atoms with Crippen molar-refractivity contribution in [1.29, 1.82) is 0 Å². The van der Waals surface area contributed by atoms with Crippen LogP contribution < -0.4 is 20.7 Å². The van der Waals surface area contributed by atoms with Gasteiger partial charge in [0, 0.05) is 10.6 Å². The summed E-state index contributed by atoms with van der Waals surface area (Å²) < 4.78 is 86.7. The molecule has 230 valence electrons. The standard InChI is InChI=1S/C26H26ClF6N3O6/c1-13(2)19(21(37)25(28,29)30)35-24(40)20(14-7-9-17(41-3)10-8-14)36-23(39)18(12-42-26(31,32)33)34-22(38)15-5-4-6-16(27)11-15/h4-11,13,18-20H,12H2,1-3H3,(H,34,38)(H,35,40)(H,36,39)/t18-,19-,20-/m0/s1. The smallest absolute Gasteiger partial charge is 0.497 e. The molecule has 0 bridgehead atoms. The lowest BCUT2D eigenvalue weighted by Crippen LogP contribution is -2.55. The van der Waals surface area contributed by atoms with Crippen LogP contribution in [0.2, 0.25) is 5.02 Å². The maximum absolute atomic E-state index is 13.2. The Labute approximate surface area is 240 Å². The van der Waals surface area contributed by atoms with Gasteiger partial charge in [-0.15, -0.1) is 13.2 Å². The van der Waals surface area contributed by atoms with Crippen molar-refractivity contribution < 1.29 is 55.0 Å². The molecule has 3 amide bonds. The van der Waals surface area contributed by atoms with Crippen molar-refractivity contribution in [1.82, 2.24) is 16.0 Å². The van der Waals surface area contributed by atoms with Crippen molar-refractivity contribution in [3.05, 3.63) is 64.7 Å². The minimum Gasteiger partial charge on any atom is -0.497 e. The summed E-state index contributed by atoms with van der Waals surface area (Å²) in [5.74, 6) is -6.68. The fourth-order valence-electron chi connectivity index (χ4n) is 3.52. The summed E-state index contributed by atoms with van der Waals surface area (Å²) in [6, 6.07) is 4.48. The van der Waals surface area contributed by atoms with E-state index in [2.05, 4.69) is 15.4 Å². The fourth-order valence-corrected chi connectivity index (χ4v) is 3.71. The normalized spacial score (nSPS) is 14.0. The van der Waals surface area contributed by atoms with Crippen LogP contribution in [0.3, 0.4) is 0 Å². The van der Waals surface area contributed by atoms with E-state index in [0.717, 1.165) is 0 Å². The Hall–Kier alpha value is -3.85. The predicted octanol–water partition coefficient (Wildman–Crippen LogP) is 4.11. The van der Waals surface area contributed by atoms with Crippen molar-refractivity contribution in [2.24, 2.45) is 5.92 Å². The number of carbonyl (C=O) groups excluding carboxylic acids is 4. The quantitative estimate of drug-likeness (QED) is 0.305. The molecule has 0 aliphatic carbocycles. The monoisotopic (exact) mass is 625 g/mol. The Kier molecular flexibility index (Phi) is 11.7. The fraction of sp³-hybridized carbons (Fsp3) is 0.385.